The Kier molecular flexibility index (Phi) is 5.92. The molecular weight excluding hydrogens is 288 g/mol. The van der Waals surface area contributed by atoms with Gasteiger partial charge in [-0.25, -0.2) is 0 Å². The average Bonchev–Trinajstić information content (AvgIpc) is 3.10. The number of fused-ring (bicyclic) bond motifs is 2. The topological polar surface area (TPSA) is 64.4 Å². The first-order valence-corrected chi connectivity index (χ1v) is 8.29. The molecule has 4 nitrogen and oxygen atoms in total. The molecule has 5 atom stereocenters. The zero-order valence-electron chi connectivity index (χ0n) is 12.9. The maximum Gasteiger partial charge on any atom is 0.237 e. The summed E-state index contributed by atoms with van der Waals surface area (Å²) in [6.45, 7) is 3.65. The van der Waals surface area contributed by atoms with Gasteiger partial charge in [-0.1, -0.05) is 6.42 Å². The molecule has 5 unspecified atom stereocenters. The Balaban J connectivity index is 0.00000161. The normalized spacial score (nSPS) is 35.0. The zero-order chi connectivity index (χ0) is 14.1. The van der Waals surface area contributed by atoms with Crippen molar-refractivity contribution in [1.29, 1.82) is 0 Å². The lowest BCUT2D eigenvalue weighted by Gasteiger charge is -2.31. The van der Waals surface area contributed by atoms with E-state index in [1.165, 1.54) is 25.7 Å². The molecule has 3 rings (SSSR count). The third-order valence-corrected chi connectivity index (χ3v) is 5.88. The van der Waals surface area contributed by atoms with E-state index in [1.54, 1.807) is 0 Å². The van der Waals surface area contributed by atoms with Gasteiger partial charge in [-0.05, 0) is 62.7 Å². The average molecular weight is 317 g/mol. The fraction of sp³-hybridized carbons (Fsp3) is 0.938. The van der Waals surface area contributed by atoms with E-state index in [9.17, 15) is 4.79 Å². The zero-order valence-corrected chi connectivity index (χ0v) is 13.7. The first kappa shape index (κ1) is 17.0. The van der Waals surface area contributed by atoms with Crippen LogP contribution >= 0.6 is 12.4 Å². The van der Waals surface area contributed by atoms with E-state index in [4.69, 9.17) is 10.5 Å². The van der Waals surface area contributed by atoms with Gasteiger partial charge in [-0.3, -0.25) is 4.79 Å². The van der Waals surface area contributed by atoms with Gasteiger partial charge in [0.05, 0.1) is 6.04 Å². The number of hydrogen-bond donors (Lipinski definition) is 2. The second-order valence-electron chi connectivity index (χ2n) is 7.11. The summed E-state index contributed by atoms with van der Waals surface area (Å²) in [5, 5.41) is 3.20. The van der Waals surface area contributed by atoms with Crippen LogP contribution in [0.2, 0.25) is 0 Å². The van der Waals surface area contributed by atoms with Crippen LogP contribution in [0, 0.1) is 23.7 Å². The van der Waals surface area contributed by atoms with Crippen LogP contribution in [0.5, 0.6) is 0 Å². The first-order valence-electron chi connectivity index (χ1n) is 8.29. The predicted molar refractivity (Wildman–Crippen MR) is 85.3 cm³/mol. The molecule has 0 aromatic heterocycles. The minimum Gasteiger partial charge on any atom is -0.381 e. The molecule has 3 fully saturated rings. The standard InChI is InChI=1S/C16H28N2O2.ClH/c1-10(14-9-11-2-3-13(14)8-11)18-16(19)15(17)12-4-6-20-7-5-12;/h10-15H,2-9,17H2,1H3,(H,18,19);1H. The first-order chi connectivity index (χ1) is 9.65. The largest absolute Gasteiger partial charge is 0.381 e. The van der Waals surface area contributed by atoms with Gasteiger partial charge in [-0.15, -0.1) is 12.4 Å². The second-order valence-corrected chi connectivity index (χ2v) is 7.11. The molecule has 0 spiro atoms. The molecule has 122 valence electrons. The van der Waals surface area contributed by atoms with Gasteiger partial charge in [0.15, 0.2) is 0 Å². The Bertz CT molecular complexity index is 360. The van der Waals surface area contributed by atoms with Crippen LogP contribution in [0.4, 0.5) is 0 Å². The van der Waals surface area contributed by atoms with E-state index in [2.05, 4.69) is 12.2 Å². The molecule has 2 aliphatic carbocycles. The van der Waals surface area contributed by atoms with Gasteiger partial charge < -0.3 is 15.8 Å². The number of rotatable bonds is 4. The second kappa shape index (κ2) is 7.30. The van der Waals surface area contributed by atoms with Crippen molar-refractivity contribution in [3.8, 4) is 0 Å². The quantitative estimate of drug-likeness (QED) is 0.835. The lowest BCUT2D eigenvalue weighted by atomic mass is 9.83. The molecule has 2 bridgehead atoms. The van der Waals surface area contributed by atoms with Crippen LogP contribution in [-0.4, -0.2) is 31.2 Å². The molecule has 2 saturated carbocycles. The summed E-state index contributed by atoms with van der Waals surface area (Å²) in [4.78, 5) is 12.3. The molecule has 21 heavy (non-hydrogen) atoms. The maximum absolute atomic E-state index is 12.3. The Morgan fingerprint density at radius 2 is 1.90 bits per heavy atom. The number of ether oxygens (including phenoxy) is 1. The van der Waals surface area contributed by atoms with Crippen molar-refractivity contribution in [2.45, 2.75) is 57.5 Å². The third-order valence-electron chi connectivity index (χ3n) is 5.88. The smallest absolute Gasteiger partial charge is 0.237 e. The van der Waals surface area contributed by atoms with E-state index < -0.39 is 0 Å². The van der Waals surface area contributed by atoms with Gasteiger partial charge in [0.25, 0.3) is 0 Å². The third kappa shape index (κ3) is 3.72. The molecule has 1 aliphatic heterocycles. The molecule has 5 heteroatoms. The van der Waals surface area contributed by atoms with Crippen LogP contribution in [0.3, 0.4) is 0 Å². The molecule has 0 aromatic rings. The minimum atomic E-state index is -0.361. The van der Waals surface area contributed by atoms with Crippen molar-refractivity contribution in [3.63, 3.8) is 0 Å². The number of halogens is 1. The van der Waals surface area contributed by atoms with Crippen LogP contribution in [-0.2, 0) is 9.53 Å². The summed E-state index contributed by atoms with van der Waals surface area (Å²) in [6.07, 6.45) is 7.29. The molecule has 3 aliphatic rings. The highest BCUT2D eigenvalue weighted by Gasteiger charge is 2.42. The minimum absolute atomic E-state index is 0. The summed E-state index contributed by atoms with van der Waals surface area (Å²) in [7, 11) is 0. The monoisotopic (exact) mass is 316 g/mol. The highest BCUT2D eigenvalue weighted by molar-refractivity contribution is 5.85. The summed E-state index contributed by atoms with van der Waals surface area (Å²) in [5.41, 5.74) is 6.15. The molecule has 1 amide bonds. The molecule has 1 saturated heterocycles. The molecular formula is C16H29ClN2O2. The Morgan fingerprint density at radius 1 is 1.19 bits per heavy atom. The van der Waals surface area contributed by atoms with E-state index >= 15 is 0 Å². The molecule has 0 radical (unpaired) electrons. The summed E-state index contributed by atoms with van der Waals surface area (Å²) in [5.74, 6) is 2.78. The van der Waals surface area contributed by atoms with Gasteiger partial charge in [0.2, 0.25) is 5.91 Å². The Morgan fingerprint density at radius 3 is 2.48 bits per heavy atom. The summed E-state index contributed by atoms with van der Waals surface area (Å²) < 4.78 is 5.34. The van der Waals surface area contributed by atoms with Crippen LogP contribution in [0.1, 0.15) is 45.4 Å². The fourth-order valence-corrected chi connectivity index (χ4v) is 4.62. The van der Waals surface area contributed by atoms with Crippen molar-refractivity contribution in [2.24, 2.45) is 29.4 Å². The number of nitrogens with one attached hydrogen (secondary N) is 1. The molecule has 1 heterocycles. The van der Waals surface area contributed by atoms with E-state index in [0.29, 0.717) is 5.92 Å². The number of carbonyl (C=O) groups is 1. The lowest BCUT2D eigenvalue weighted by Crippen LogP contribution is -2.51. The highest BCUT2D eigenvalue weighted by atomic mass is 35.5. The Labute approximate surface area is 134 Å². The van der Waals surface area contributed by atoms with Crippen molar-refractivity contribution in [2.75, 3.05) is 13.2 Å². The Hall–Kier alpha value is -0.320. The van der Waals surface area contributed by atoms with Crippen LogP contribution in [0.15, 0.2) is 0 Å². The SMILES string of the molecule is CC(NC(=O)C(N)C1CCOCC1)C1CC2CCC1C2.Cl. The lowest BCUT2D eigenvalue weighted by molar-refractivity contribution is -0.125. The van der Waals surface area contributed by atoms with Crippen molar-refractivity contribution in [1.82, 2.24) is 5.32 Å². The van der Waals surface area contributed by atoms with Crippen molar-refractivity contribution < 1.29 is 9.53 Å². The number of nitrogens with two attached hydrogens (primary N) is 1. The van der Waals surface area contributed by atoms with E-state index in [0.717, 1.165) is 37.9 Å². The molecule has 3 N–H and O–H groups in total. The predicted octanol–water partition coefficient (Wildman–Crippen LogP) is 2.10. The van der Waals surface area contributed by atoms with Crippen LogP contribution < -0.4 is 11.1 Å². The van der Waals surface area contributed by atoms with Gasteiger partial charge in [-0.2, -0.15) is 0 Å². The van der Waals surface area contributed by atoms with Gasteiger partial charge >= 0.3 is 0 Å². The highest BCUT2D eigenvalue weighted by Crippen LogP contribution is 2.49. The number of amides is 1. The van der Waals surface area contributed by atoms with Crippen molar-refractivity contribution in [3.05, 3.63) is 0 Å². The van der Waals surface area contributed by atoms with Crippen molar-refractivity contribution >= 4 is 18.3 Å². The summed E-state index contributed by atoms with van der Waals surface area (Å²) >= 11 is 0. The number of hydrogen-bond acceptors (Lipinski definition) is 3. The van der Waals surface area contributed by atoms with Crippen LogP contribution in [0.25, 0.3) is 0 Å². The number of carbonyl (C=O) groups excluding carboxylic acids is 1. The molecule has 0 aromatic carbocycles. The van der Waals surface area contributed by atoms with Gasteiger partial charge in [0.1, 0.15) is 0 Å². The maximum atomic E-state index is 12.3. The van der Waals surface area contributed by atoms with Gasteiger partial charge in [0, 0.05) is 19.3 Å². The fourth-order valence-electron chi connectivity index (χ4n) is 4.62. The van der Waals surface area contributed by atoms with E-state index in [-0.39, 0.29) is 36.3 Å². The summed E-state index contributed by atoms with van der Waals surface area (Å²) in [6, 6.07) is -0.0800. The van der Waals surface area contributed by atoms with E-state index in [1.807, 2.05) is 0 Å².